The summed E-state index contributed by atoms with van der Waals surface area (Å²) in [6.45, 7) is 3.91. The lowest BCUT2D eigenvalue weighted by molar-refractivity contribution is -0.119. The Labute approximate surface area is 160 Å². The quantitative estimate of drug-likeness (QED) is 0.885. The van der Waals surface area contributed by atoms with Crippen molar-refractivity contribution < 1.29 is 14.3 Å². The van der Waals surface area contributed by atoms with Crippen molar-refractivity contribution in [3.8, 4) is 11.1 Å². The molecule has 2 aromatic carbocycles. The zero-order chi connectivity index (χ0) is 19.2. The summed E-state index contributed by atoms with van der Waals surface area (Å²) in [4.78, 5) is 26.4. The van der Waals surface area contributed by atoms with Crippen LogP contribution in [0.25, 0.3) is 11.1 Å². The molecule has 1 aliphatic rings. The fourth-order valence-electron chi connectivity index (χ4n) is 3.35. The van der Waals surface area contributed by atoms with Crippen molar-refractivity contribution in [1.29, 1.82) is 0 Å². The van der Waals surface area contributed by atoms with Gasteiger partial charge in [-0.2, -0.15) is 0 Å². The number of hydrogen-bond donors (Lipinski definition) is 1. The molecule has 0 aromatic heterocycles. The van der Waals surface area contributed by atoms with Crippen LogP contribution in [0.1, 0.15) is 29.3 Å². The Morgan fingerprint density at radius 3 is 2.63 bits per heavy atom. The maximum absolute atomic E-state index is 13.0. The topological polar surface area (TPSA) is 58.6 Å². The number of morpholine rings is 1. The highest BCUT2D eigenvalue weighted by Crippen LogP contribution is 2.23. The van der Waals surface area contributed by atoms with Crippen molar-refractivity contribution in [2.45, 2.75) is 25.8 Å². The average molecular weight is 366 g/mol. The first-order valence-electron chi connectivity index (χ1n) is 9.41. The van der Waals surface area contributed by atoms with Gasteiger partial charge in [-0.15, -0.1) is 0 Å². The SMILES string of the molecule is CCC1COCCN1C(=O)c1cccc(-c2ccc(CC(=O)NC)cc2)c1. The van der Waals surface area contributed by atoms with Crippen molar-refractivity contribution in [3.63, 3.8) is 0 Å². The van der Waals surface area contributed by atoms with Crippen molar-refractivity contribution in [1.82, 2.24) is 10.2 Å². The molecule has 1 N–H and O–H groups in total. The lowest BCUT2D eigenvalue weighted by Gasteiger charge is -2.35. The van der Waals surface area contributed by atoms with E-state index in [1.807, 2.05) is 53.4 Å². The number of nitrogens with zero attached hydrogens (tertiary/aromatic N) is 1. The van der Waals surface area contributed by atoms with Crippen LogP contribution < -0.4 is 5.32 Å². The van der Waals surface area contributed by atoms with Gasteiger partial charge in [-0.05, 0) is 35.2 Å². The van der Waals surface area contributed by atoms with Crippen molar-refractivity contribution >= 4 is 11.8 Å². The van der Waals surface area contributed by atoms with Crippen LogP contribution in [0.15, 0.2) is 48.5 Å². The van der Waals surface area contributed by atoms with Crippen molar-refractivity contribution in [2.75, 3.05) is 26.8 Å². The van der Waals surface area contributed by atoms with Crippen molar-refractivity contribution in [3.05, 3.63) is 59.7 Å². The molecule has 0 radical (unpaired) electrons. The van der Waals surface area contributed by atoms with E-state index in [1.165, 1.54) is 0 Å². The number of rotatable bonds is 5. The fourth-order valence-corrected chi connectivity index (χ4v) is 3.35. The summed E-state index contributed by atoms with van der Waals surface area (Å²) in [6.07, 6.45) is 1.25. The van der Waals surface area contributed by atoms with Gasteiger partial charge in [0.15, 0.2) is 0 Å². The van der Waals surface area contributed by atoms with E-state index in [2.05, 4.69) is 12.2 Å². The summed E-state index contributed by atoms with van der Waals surface area (Å²) in [5.74, 6) is 0.0505. The molecule has 2 aromatic rings. The van der Waals surface area contributed by atoms with E-state index in [4.69, 9.17) is 4.74 Å². The summed E-state index contributed by atoms with van der Waals surface area (Å²) < 4.78 is 5.51. The third kappa shape index (κ3) is 4.55. The molecule has 1 unspecified atom stereocenters. The Morgan fingerprint density at radius 2 is 1.93 bits per heavy atom. The molecular formula is C22H26N2O3. The third-order valence-electron chi connectivity index (χ3n) is 5.00. The molecule has 0 saturated carbocycles. The molecule has 142 valence electrons. The van der Waals surface area contributed by atoms with Crippen molar-refractivity contribution in [2.24, 2.45) is 0 Å². The Hall–Kier alpha value is -2.66. The summed E-state index contributed by atoms with van der Waals surface area (Å²) in [5.41, 5.74) is 3.68. The molecule has 3 rings (SSSR count). The number of ether oxygens (including phenoxy) is 1. The third-order valence-corrected chi connectivity index (χ3v) is 5.00. The minimum Gasteiger partial charge on any atom is -0.377 e. The number of amides is 2. The molecule has 1 saturated heterocycles. The van der Waals surface area contributed by atoms with Gasteiger partial charge >= 0.3 is 0 Å². The average Bonchev–Trinajstić information content (AvgIpc) is 2.73. The Kier molecular flexibility index (Phi) is 6.24. The molecule has 2 amide bonds. The molecule has 1 aliphatic heterocycles. The number of hydrogen-bond acceptors (Lipinski definition) is 3. The van der Waals surface area contributed by atoms with E-state index in [1.54, 1.807) is 7.05 Å². The second-order valence-electron chi connectivity index (χ2n) is 6.76. The maximum Gasteiger partial charge on any atom is 0.254 e. The number of carbonyl (C=O) groups is 2. The van der Waals surface area contributed by atoms with Crippen LogP contribution in [0.2, 0.25) is 0 Å². The van der Waals surface area contributed by atoms with Gasteiger partial charge < -0.3 is 15.0 Å². The number of likely N-dealkylation sites (N-methyl/N-ethyl adjacent to an activating group) is 1. The van der Waals surface area contributed by atoms with Gasteiger partial charge in [0.05, 0.1) is 25.7 Å². The van der Waals surface area contributed by atoms with E-state index in [0.29, 0.717) is 31.7 Å². The van der Waals surface area contributed by atoms with Gasteiger partial charge in [-0.25, -0.2) is 0 Å². The molecule has 1 fully saturated rings. The lowest BCUT2D eigenvalue weighted by atomic mass is 10.00. The summed E-state index contributed by atoms with van der Waals surface area (Å²) in [5, 5.41) is 2.63. The highest BCUT2D eigenvalue weighted by Gasteiger charge is 2.26. The molecule has 0 aliphatic carbocycles. The molecular weight excluding hydrogens is 340 g/mol. The van der Waals surface area contributed by atoms with E-state index in [0.717, 1.165) is 23.1 Å². The van der Waals surface area contributed by atoms with Crippen LogP contribution in [-0.4, -0.2) is 49.6 Å². The van der Waals surface area contributed by atoms with E-state index in [-0.39, 0.29) is 17.9 Å². The maximum atomic E-state index is 13.0. The molecule has 1 heterocycles. The Balaban J connectivity index is 1.79. The second kappa shape index (κ2) is 8.82. The molecule has 27 heavy (non-hydrogen) atoms. The zero-order valence-electron chi connectivity index (χ0n) is 15.9. The van der Waals surface area contributed by atoms with Crippen LogP contribution >= 0.6 is 0 Å². The van der Waals surface area contributed by atoms with Gasteiger partial charge in [-0.3, -0.25) is 9.59 Å². The number of carbonyl (C=O) groups excluding carboxylic acids is 2. The fraction of sp³-hybridized carbons (Fsp3) is 0.364. The molecule has 0 bridgehead atoms. The highest BCUT2D eigenvalue weighted by molar-refractivity contribution is 5.95. The van der Waals surface area contributed by atoms with E-state index >= 15 is 0 Å². The first-order valence-corrected chi connectivity index (χ1v) is 9.41. The first-order chi connectivity index (χ1) is 13.1. The van der Waals surface area contributed by atoms with Gasteiger partial charge in [0.1, 0.15) is 0 Å². The predicted molar refractivity (Wildman–Crippen MR) is 106 cm³/mol. The Bertz CT molecular complexity index is 801. The minimum atomic E-state index is -0.00802. The molecule has 0 spiro atoms. The van der Waals surface area contributed by atoms with Gasteiger partial charge in [0.25, 0.3) is 5.91 Å². The predicted octanol–water partition coefficient (Wildman–Crippen LogP) is 2.89. The van der Waals surface area contributed by atoms with Crippen LogP contribution in [0.4, 0.5) is 0 Å². The number of nitrogens with one attached hydrogen (secondary N) is 1. The standard InChI is InChI=1S/C22H26N2O3/c1-3-20-15-27-12-11-24(20)22(26)19-6-4-5-18(14-19)17-9-7-16(8-10-17)13-21(25)23-2/h4-10,14,20H,3,11-13,15H2,1-2H3,(H,23,25). The number of benzene rings is 2. The monoisotopic (exact) mass is 366 g/mol. The van der Waals surface area contributed by atoms with Crippen LogP contribution in [-0.2, 0) is 16.0 Å². The zero-order valence-corrected chi connectivity index (χ0v) is 15.9. The van der Waals surface area contributed by atoms with E-state index in [9.17, 15) is 9.59 Å². The Morgan fingerprint density at radius 1 is 1.15 bits per heavy atom. The van der Waals surface area contributed by atoms with E-state index < -0.39 is 0 Å². The minimum absolute atomic E-state index is 0.00802. The highest BCUT2D eigenvalue weighted by atomic mass is 16.5. The largest absolute Gasteiger partial charge is 0.377 e. The van der Waals surface area contributed by atoms with Gasteiger partial charge in [-0.1, -0.05) is 43.3 Å². The second-order valence-corrected chi connectivity index (χ2v) is 6.76. The van der Waals surface area contributed by atoms with Crippen LogP contribution in [0, 0.1) is 0 Å². The normalized spacial score (nSPS) is 16.8. The molecule has 5 heteroatoms. The summed E-state index contributed by atoms with van der Waals surface area (Å²) in [6, 6.07) is 15.8. The van der Waals surface area contributed by atoms with Crippen LogP contribution in [0.3, 0.4) is 0 Å². The molecule has 5 nitrogen and oxygen atoms in total. The lowest BCUT2D eigenvalue weighted by Crippen LogP contribution is -2.48. The van der Waals surface area contributed by atoms with Gasteiger partial charge in [0.2, 0.25) is 5.91 Å². The summed E-state index contributed by atoms with van der Waals surface area (Å²) in [7, 11) is 1.64. The van der Waals surface area contributed by atoms with Crippen LogP contribution in [0.5, 0.6) is 0 Å². The molecule has 1 atom stereocenters. The summed E-state index contributed by atoms with van der Waals surface area (Å²) >= 11 is 0. The van der Waals surface area contributed by atoms with Gasteiger partial charge in [0, 0.05) is 19.2 Å². The first kappa shape index (κ1) is 19.1. The smallest absolute Gasteiger partial charge is 0.254 e.